The summed E-state index contributed by atoms with van der Waals surface area (Å²) in [6, 6.07) is 8.62. The summed E-state index contributed by atoms with van der Waals surface area (Å²) in [6.07, 6.45) is 1.15. The lowest BCUT2D eigenvalue weighted by molar-refractivity contribution is 0.419. The third kappa shape index (κ3) is 2.44. The third-order valence-electron chi connectivity index (χ3n) is 3.03. The Labute approximate surface area is 102 Å². The molecule has 0 aliphatic carbocycles. The summed E-state index contributed by atoms with van der Waals surface area (Å²) in [4.78, 5) is 3.44. The van der Waals surface area contributed by atoms with Crippen LogP contribution in [0.4, 0.5) is 0 Å². The monoisotopic (exact) mass is 232 g/mol. The number of hydrogen-bond acceptors (Lipinski definition) is 2. The quantitative estimate of drug-likeness (QED) is 0.830. The Morgan fingerprint density at radius 3 is 2.94 bits per heavy atom. The predicted molar refractivity (Wildman–Crippen MR) is 71.6 cm³/mol. The predicted octanol–water partition coefficient (Wildman–Crippen LogP) is 3.24. The van der Waals surface area contributed by atoms with E-state index in [9.17, 15) is 0 Å². The van der Waals surface area contributed by atoms with Gasteiger partial charge in [0.25, 0.3) is 0 Å². The van der Waals surface area contributed by atoms with Crippen molar-refractivity contribution in [2.24, 2.45) is 0 Å². The molecule has 0 aliphatic rings. The highest BCUT2D eigenvalue weighted by Gasteiger charge is 2.10. The van der Waals surface area contributed by atoms with E-state index in [4.69, 9.17) is 4.74 Å². The number of nitrogens with one attached hydrogen (secondary N) is 2. The molecule has 1 atom stereocenters. The maximum absolute atomic E-state index is 5.35. The molecule has 0 radical (unpaired) electrons. The van der Waals surface area contributed by atoms with Crippen molar-refractivity contribution in [3.8, 4) is 5.75 Å². The Balaban J connectivity index is 2.31. The van der Waals surface area contributed by atoms with Crippen LogP contribution in [0, 0.1) is 0 Å². The molecule has 2 aromatic rings. The summed E-state index contributed by atoms with van der Waals surface area (Å²) in [7, 11) is 1.70. The maximum Gasteiger partial charge on any atom is 0.142 e. The van der Waals surface area contributed by atoms with Crippen LogP contribution >= 0.6 is 0 Å². The number of benzene rings is 1. The van der Waals surface area contributed by atoms with Gasteiger partial charge in [0.15, 0.2) is 0 Å². The minimum atomic E-state index is 0.340. The minimum Gasteiger partial charge on any atom is -0.495 e. The second-order valence-corrected chi connectivity index (χ2v) is 4.32. The lowest BCUT2D eigenvalue weighted by Crippen LogP contribution is -2.19. The fourth-order valence-electron chi connectivity index (χ4n) is 2.02. The molecule has 17 heavy (non-hydrogen) atoms. The molecule has 3 nitrogen and oxygen atoms in total. The number of fused-ring (bicyclic) bond motifs is 1. The molecule has 0 saturated carbocycles. The summed E-state index contributed by atoms with van der Waals surface area (Å²) in [5.41, 5.74) is 2.29. The van der Waals surface area contributed by atoms with Crippen molar-refractivity contribution >= 4 is 10.9 Å². The number of methoxy groups -OCH3 is 1. The smallest absolute Gasteiger partial charge is 0.142 e. The van der Waals surface area contributed by atoms with Crippen LogP contribution in [0.3, 0.4) is 0 Å². The summed E-state index contributed by atoms with van der Waals surface area (Å²) >= 11 is 0. The van der Waals surface area contributed by atoms with Crippen molar-refractivity contribution in [2.45, 2.75) is 26.3 Å². The zero-order valence-corrected chi connectivity index (χ0v) is 10.7. The van der Waals surface area contributed by atoms with E-state index < -0.39 is 0 Å². The summed E-state index contributed by atoms with van der Waals surface area (Å²) in [5.74, 6) is 0.899. The number of para-hydroxylation sites is 1. The van der Waals surface area contributed by atoms with Crippen LogP contribution in [-0.4, -0.2) is 18.6 Å². The molecule has 0 fully saturated rings. The first-order valence-corrected chi connectivity index (χ1v) is 6.15. The van der Waals surface area contributed by atoms with Gasteiger partial charge in [-0.05, 0) is 32.0 Å². The molecule has 1 aromatic carbocycles. The average Bonchev–Trinajstić information content (AvgIpc) is 2.79. The third-order valence-corrected chi connectivity index (χ3v) is 3.03. The fourth-order valence-corrected chi connectivity index (χ4v) is 2.02. The topological polar surface area (TPSA) is 37.0 Å². The van der Waals surface area contributed by atoms with Gasteiger partial charge in [-0.3, -0.25) is 0 Å². The first-order valence-electron chi connectivity index (χ1n) is 6.15. The van der Waals surface area contributed by atoms with Gasteiger partial charge in [0.1, 0.15) is 5.75 Å². The Morgan fingerprint density at radius 2 is 2.24 bits per heavy atom. The van der Waals surface area contributed by atoms with Crippen molar-refractivity contribution in [1.82, 2.24) is 10.3 Å². The van der Waals surface area contributed by atoms with Crippen molar-refractivity contribution in [3.05, 3.63) is 30.0 Å². The van der Waals surface area contributed by atoms with Gasteiger partial charge in [-0.2, -0.15) is 0 Å². The molecular formula is C14H20N2O. The molecule has 92 valence electrons. The van der Waals surface area contributed by atoms with Crippen LogP contribution in [0.1, 0.15) is 32.0 Å². The van der Waals surface area contributed by atoms with Gasteiger partial charge in [-0.25, -0.2) is 0 Å². The number of aromatic amines is 1. The second kappa shape index (κ2) is 5.23. The van der Waals surface area contributed by atoms with Gasteiger partial charge in [0.05, 0.1) is 12.6 Å². The van der Waals surface area contributed by atoms with Crippen molar-refractivity contribution < 1.29 is 4.74 Å². The number of ether oxygens (including phenoxy) is 1. The van der Waals surface area contributed by atoms with Gasteiger partial charge in [-0.1, -0.05) is 19.1 Å². The van der Waals surface area contributed by atoms with E-state index in [1.165, 1.54) is 11.1 Å². The van der Waals surface area contributed by atoms with Crippen LogP contribution in [0.2, 0.25) is 0 Å². The largest absolute Gasteiger partial charge is 0.495 e. The zero-order valence-electron chi connectivity index (χ0n) is 10.7. The van der Waals surface area contributed by atoms with E-state index in [0.29, 0.717) is 6.04 Å². The maximum atomic E-state index is 5.35. The molecular weight excluding hydrogens is 212 g/mol. The van der Waals surface area contributed by atoms with Crippen LogP contribution in [0.15, 0.2) is 24.3 Å². The van der Waals surface area contributed by atoms with E-state index in [1.54, 1.807) is 7.11 Å². The van der Waals surface area contributed by atoms with Gasteiger partial charge in [0, 0.05) is 17.1 Å². The number of aromatic nitrogens is 1. The first kappa shape index (κ1) is 12.0. The van der Waals surface area contributed by atoms with Crippen LogP contribution in [-0.2, 0) is 0 Å². The highest BCUT2D eigenvalue weighted by Crippen LogP contribution is 2.27. The fraction of sp³-hybridized carbons (Fsp3) is 0.429. The first-order chi connectivity index (χ1) is 8.26. The molecule has 0 aliphatic heterocycles. The van der Waals surface area contributed by atoms with Crippen molar-refractivity contribution in [2.75, 3.05) is 13.7 Å². The summed E-state index contributed by atoms with van der Waals surface area (Å²) in [5, 5.41) is 4.67. The van der Waals surface area contributed by atoms with E-state index in [2.05, 4.69) is 36.3 Å². The van der Waals surface area contributed by atoms with Crippen molar-refractivity contribution in [1.29, 1.82) is 0 Å². The zero-order chi connectivity index (χ0) is 12.3. The van der Waals surface area contributed by atoms with Gasteiger partial charge < -0.3 is 15.0 Å². The summed E-state index contributed by atoms with van der Waals surface area (Å²) < 4.78 is 5.35. The lowest BCUT2D eigenvalue weighted by Gasteiger charge is -2.10. The molecule has 2 rings (SSSR count). The Morgan fingerprint density at radius 1 is 1.41 bits per heavy atom. The second-order valence-electron chi connectivity index (χ2n) is 4.32. The van der Waals surface area contributed by atoms with Crippen LogP contribution in [0.25, 0.3) is 10.9 Å². The average molecular weight is 232 g/mol. The Bertz CT molecular complexity index is 490. The van der Waals surface area contributed by atoms with Crippen molar-refractivity contribution in [3.63, 3.8) is 0 Å². The SMILES string of the molecule is CCCNC(C)c1cc2cccc(OC)c2[nH]1. The molecule has 1 heterocycles. The van der Waals surface area contributed by atoms with E-state index in [0.717, 1.165) is 24.2 Å². The number of H-pyrrole nitrogens is 1. The van der Waals surface area contributed by atoms with Gasteiger partial charge in [-0.15, -0.1) is 0 Å². The van der Waals surface area contributed by atoms with Crippen LogP contribution in [0.5, 0.6) is 5.75 Å². The Kier molecular flexibility index (Phi) is 3.69. The molecule has 0 amide bonds. The van der Waals surface area contributed by atoms with E-state index >= 15 is 0 Å². The normalized spacial score (nSPS) is 12.9. The molecule has 1 unspecified atom stereocenters. The van der Waals surface area contributed by atoms with Gasteiger partial charge >= 0.3 is 0 Å². The lowest BCUT2D eigenvalue weighted by atomic mass is 10.2. The summed E-state index contributed by atoms with van der Waals surface area (Å²) in [6.45, 7) is 5.38. The molecule has 1 aromatic heterocycles. The van der Waals surface area contributed by atoms with Crippen LogP contribution < -0.4 is 10.1 Å². The number of rotatable bonds is 5. The minimum absolute atomic E-state index is 0.340. The van der Waals surface area contributed by atoms with E-state index in [1.807, 2.05) is 12.1 Å². The molecule has 3 heteroatoms. The molecule has 2 N–H and O–H groups in total. The number of hydrogen-bond donors (Lipinski definition) is 2. The standard InChI is InChI=1S/C14H20N2O/c1-4-8-15-10(2)12-9-11-6-5-7-13(17-3)14(11)16-12/h5-7,9-10,15-16H,4,8H2,1-3H3. The van der Waals surface area contributed by atoms with E-state index in [-0.39, 0.29) is 0 Å². The molecule has 0 spiro atoms. The Hall–Kier alpha value is -1.48. The molecule has 0 saturated heterocycles. The highest BCUT2D eigenvalue weighted by atomic mass is 16.5. The highest BCUT2D eigenvalue weighted by molar-refractivity contribution is 5.86. The molecule has 0 bridgehead atoms. The van der Waals surface area contributed by atoms with Gasteiger partial charge in [0.2, 0.25) is 0 Å².